The molecule has 0 fully saturated rings. The molecule has 0 amide bonds. The van der Waals surface area contributed by atoms with Crippen molar-refractivity contribution < 1.29 is 14.3 Å². The second-order valence-electron chi connectivity index (χ2n) is 4.52. The second-order valence-corrected chi connectivity index (χ2v) is 4.52. The van der Waals surface area contributed by atoms with Crippen LogP contribution >= 0.6 is 0 Å². The molecule has 0 radical (unpaired) electrons. The average Bonchev–Trinajstić information content (AvgIpc) is 2.49. The molecule has 5 heteroatoms. The van der Waals surface area contributed by atoms with Gasteiger partial charge >= 0.3 is 0 Å². The molecule has 0 unspecified atom stereocenters. The molecule has 104 valence electrons. The Bertz CT molecular complexity index is 898. The molecule has 0 bridgehead atoms. The van der Waals surface area contributed by atoms with Crippen LogP contribution in [0.4, 0.5) is 4.39 Å². The van der Waals surface area contributed by atoms with E-state index in [4.69, 9.17) is 0 Å². The van der Waals surface area contributed by atoms with Crippen molar-refractivity contribution in [2.24, 2.45) is 0 Å². The van der Waals surface area contributed by atoms with E-state index in [1.165, 1.54) is 35.0 Å². The smallest absolute Gasteiger partial charge is 0.198 e. The van der Waals surface area contributed by atoms with Crippen LogP contribution in [0.15, 0.2) is 59.5 Å². The van der Waals surface area contributed by atoms with Crippen LogP contribution in [0.2, 0.25) is 0 Å². The van der Waals surface area contributed by atoms with Crippen LogP contribution in [-0.4, -0.2) is 10.5 Å². The van der Waals surface area contributed by atoms with Crippen molar-refractivity contribution in [1.82, 2.24) is 4.57 Å². The normalized spacial score (nSPS) is 10.7. The Morgan fingerprint density at radius 1 is 1.05 bits per heavy atom. The van der Waals surface area contributed by atoms with Gasteiger partial charge in [0.25, 0.3) is 0 Å². The van der Waals surface area contributed by atoms with Crippen molar-refractivity contribution in [2.75, 3.05) is 0 Å². The zero-order valence-electron chi connectivity index (χ0n) is 10.7. The van der Waals surface area contributed by atoms with E-state index in [0.717, 1.165) is 0 Å². The minimum atomic E-state index is -1.54. The minimum Gasteiger partial charge on any atom is -0.545 e. The lowest BCUT2D eigenvalue weighted by atomic mass is 10.1. The van der Waals surface area contributed by atoms with E-state index in [9.17, 15) is 19.1 Å². The number of nitrogens with zero attached hydrogens (tertiary/aromatic N) is 1. The van der Waals surface area contributed by atoms with Gasteiger partial charge in [-0.3, -0.25) is 4.79 Å². The Kier molecular flexibility index (Phi) is 3.02. The fourth-order valence-electron chi connectivity index (χ4n) is 2.24. The number of para-hydroxylation sites is 1. The lowest BCUT2D eigenvalue weighted by Gasteiger charge is -2.14. The predicted octanol–water partition coefficient (Wildman–Crippen LogP) is 1.49. The minimum absolute atomic E-state index is 0.267. The molecule has 0 atom stereocenters. The lowest BCUT2D eigenvalue weighted by Crippen LogP contribution is -2.30. The largest absolute Gasteiger partial charge is 0.545 e. The highest BCUT2D eigenvalue weighted by Crippen LogP contribution is 2.17. The topological polar surface area (TPSA) is 62.1 Å². The molecule has 0 aliphatic carbocycles. The Balaban J connectivity index is 2.41. The Morgan fingerprint density at radius 3 is 2.38 bits per heavy atom. The molecule has 1 heterocycles. The molecule has 3 aromatic rings. The third kappa shape index (κ3) is 2.18. The molecule has 0 spiro atoms. The number of benzene rings is 2. The van der Waals surface area contributed by atoms with Gasteiger partial charge in [-0.2, -0.15) is 0 Å². The summed E-state index contributed by atoms with van der Waals surface area (Å²) in [6.07, 6.45) is 1.20. The van der Waals surface area contributed by atoms with Crippen molar-refractivity contribution >= 4 is 16.9 Å². The van der Waals surface area contributed by atoms with Crippen LogP contribution < -0.4 is 10.5 Å². The molecule has 0 aliphatic rings. The molecule has 1 aromatic heterocycles. The summed E-state index contributed by atoms with van der Waals surface area (Å²) in [4.78, 5) is 23.2. The number of carbonyl (C=O) groups excluding carboxylic acids is 1. The first-order valence-corrected chi connectivity index (χ1v) is 6.19. The molecule has 3 rings (SSSR count). The summed E-state index contributed by atoms with van der Waals surface area (Å²) in [7, 11) is 0. The van der Waals surface area contributed by atoms with Crippen LogP contribution in [0.1, 0.15) is 10.4 Å². The first-order chi connectivity index (χ1) is 10.1. The van der Waals surface area contributed by atoms with Gasteiger partial charge in [0.1, 0.15) is 5.82 Å². The second kappa shape index (κ2) is 4.86. The highest BCUT2D eigenvalue weighted by atomic mass is 19.1. The third-order valence-electron chi connectivity index (χ3n) is 3.24. The van der Waals surface area contributed by atoms with E-state index >= 15 is 0 Å². The maximum atomic E-state index is 13.0. The zero-order chi connectivity index (χ0) is 15.0. The van der Waals surface area contributed by atoms with Gasteiger partial charge in [0.15, 0.2) is 5.43 Å². The molecule has 2 aromatic carbocycles. The standard InChI is InChI=1S/C16H10FNO3/c17-10-5-7-11(8-6-10)18-9-13(16(20)21)15(19)12-3-1-2-4-14(12)18/h1-9H,(H,20,21)/p-1. The first-order valence-electron chi connectivity index (χ1n) is 6.19. The molecule has 4 nitrogen and oxygen atoms in total. The lowest BCUT2D eigenvalue weighted by molar-refractivity contribution is -0.255. The third-order valence-corrected chi connectivity index (χ3v) is 3.24. The van der Waals surface area contributed by atoms with E-state index in [1.54, 1.807) is 24.3 Å². The molecule has 0 N–H and O–H groups in total. The first kappa shape index (κ1) is 13.1. The Labute approximate surface area is 118 Å². The fraction of sp³-hybridized carbons (Fsp3) is 0. The number of fused-ring (bicyclic) bond motifs is 1. The molecule has 0 aliphatic heterocycles. The van der Waals surface area contributed by atoms with Crippen LogP contribution in [0.25, 0.3) is 16.6 Å². The number of pyridine rings is 1. The van der Waals surface area contributed by atoms with E-state index in [2.05, 4.69) is 0 Å². The summed E-state index contributed by atoms with van der Waals surface area (Å²) >= 11 is 0. The van der Waals surface area contributed by atoms with Crippen LogP contribution in [0.5, 0.6) is 0 Å². The highest BCUT2D eigenvalue weighted by molar-refractivity contribution is 5.92. The van der Waals surface area contributed by atoms with Crippen molar-refractivity contribution in [1.29, 1.82) is 0 Å². The maximum absolute atomic E-state index is 13.0. The summed E-state index contributed by atoms with van der Waals surface area (Å²) in [5.41, 5.74) is 0.0659. The summed E-state index contributed by atoms with van der Waals surface area (Å²) in [5.74, 6) is -1.94. The number of aromatic nitrogens is 1. The average molecular weight is 282 g/mol. The maximum Gasteiger partial charge on any atom is 0.198 e. The number of rotatable bonds is 2. The van der Waals surface area contributed by atoms with Gasteiger partial charge < -0.3 is 14.5 Å². The van der Waals surface area contributed by atoms with Crippen LogP contribution in [0, 0.1) is 5.82 Å². The van der Waals surface area contributed by atoms with Gasteiger partial charge in [0, 0.05) is 17.3 Å². The monoisotopic (exact) mass is 282 g/mol. The van der Waals surface area contributed by atoms with E-state index in [1.807, 2.05) is 0 Å². The SMILES string of the molecule is O=C([O-])c1cn(-c2ccc(F)cc2)c2ccccc2c1=O. The van der Waals surface area contributed by atoms with Gasteiger partial charge in [-0.1, -0.05) is 12.1 Å². The van der Waals surface area contributed by atoms with Crippen molar-refractivity contribution in [3.05, 3.63) is 76.3 Å². The van der Waals surface area contributed by atoms with Gasteiger partial charge in [0.2, 0.25) is 0 Å². The summed E-state index contributed by atoms with van der Waals surface area (Å²) in [6, 6.07) is 12.2. The molecule has 0 saturated carbocycles. The van der Waals surface area contributed by atoms with Crippen molar-refractivity contribution in [2.45, 2.75) is 0 Å². The number of carbonyl (C=O) groups is 1. The number of halogens is 1. The number of carboxylic acids is 1. The quantitative estimate of drug-likeness (QED) is 0.715. The van der Waals surface area contributed by atoms with Gasteiger partial charge in [-0.25, -0.2) is 4.39 Å². The van der Waals surface area contributed by atoms with E-state index in [0.29, 0.717) is 11.2 Å². The van der Waals surface area contributed by atoms with Gasteiger partial charge in [-0.15, -0.1) is 0 Å². The van der Waals surface area contributed by atoms with Crippen LogP contribution in [-0.2, 0) is 0 Å². The summed E-state index contributed by atoms with van der Waals surface area (Å²) < 4.78 is 14.6. The molecular formula is C16H9FNO3-. The van der Waals surface area contributed by atoms with Crippen molar-refractivity contribution in [3.8, 4) is 5.69 Å². The number of hydrogen-bond acceptors (Lipinski definition) is 3. The highest BCUT2D eigenvalue weighted by Gasteiger charge is 2.10. The summed E-state index contributed by atoms with van der Waals surface area (Å²) in [6.45, 7) is 0. The van der Waals surface area contributed by atoms with E-state index < -0.39 is 22.8 Å². The van der Waals surface area contributed by atoms with Gasteiger partial charge in [-0.05, 0) is 36.4 Å². The molecule has 0 saturated heterocycles. The Hall–Kier alpha value is -2.95. The Morgan fingerprint density at radius 2 is 1.71 bits per heavy atom. The summed E-state index contributed by atoms with van der Waals surface area (Å²) in [5, 5.41) is 11.4. The number of carboxylic acid groups (broad SMARTS) is 1. The molecular weight excluding hydrogens is 273 g/mol. The number of aromatic carboxylic acids is 1. The van der Waals surface area contributed by atoms with Crippen molar-refractivity contribution in [3.63, 3.8) is 0 Å². The fourth-order valence-corrected chi connectivity index (χ4v) is 2.24. The van der Waals surface area contributed by atoms with E-state index in [-0.39, 0.29) is 5.39 Å². The molecule has 21 heavy (non-hydrogen) atoms. The number of hydrogen-bond donors (Lipinski definition) is 0. The zero-order valence-corrected chi connectivity index (χ0v) is 10.7. The van der Waals surface area contributed by atoms with Gasteiger partial charge in [0.05, 0.1) is 17.0 Å². The van der Waals surface area contributed by atoms with Crippen LogP contribution in [0.3, 0.4) is 0 Å². The predicted molar refractivity (Wildman–Crippen MR) is 73.8 cm³/mol.